The second kappa shape index (κ2) is 4.98. The highest BCUT2D eigenvalue weighted by molar-refractivity contribution is 5.77. The Bertz CT molecular complexity index is 424. The van der Waals surface area contributed by atoms with Crippen LogP contribution >= 0.6 is 0 Å². The molecule has 1 aromatic rings. The summed E-state index contributed by atoms with van der Waals surface area (Å²) < 4.78 is 0. The number of rotatable bonds is 4. The Morgan fingerprint density at radius 3 is 2.50 bits per heavy atom. The Labute approximate surface area is 107 Å². The van der Waals surface area contributed by atoms with E-state index >= 15 is 0 Å². The minimum Gasteiger partial charge on any atom is -0.508 e. The van der Waals surface area contributed by atoms with Gasteiger partial charge in [0.2, 0.25) is 5.91 Å². The number of carbonyl (C=O) groups is 1. The van der Waals surface area contributed by atoms with Crippen molar-refractivity contribution in [2.75, 3.05) is 7.05 Å². The zero-order valence-electron chi connectivity index (χ0n) is 10.7. The molecule has 2 rings (SSSR count). The van der Waals surface area contributed by atoms with Gasteiger partial charge in [0, 0.05) is 25.6 Å². The number of carbonyl (C=O) groups excluding carboxylic acids is 1. The van der Waals surface area contributed by atoms with Gasteiger partial charge in [0.15, 0.2) is 0 Å². The van der Waals surface area contributed by atoms with Crippen LogP contribution in [0.15, 0.2) is 24.3 Å². The first-order valence-electron chi connectivity index (χ1n) is 6.29. The standard InChI is InChI=1S/C14H20N2O2/c1-16(10-11-3-5-12(17)6-4-11)13(18)9-14(15)7-2-8-14/h3-6,17H,2,7-10,15H2,1H3. The highest BCUT2D eigenvalue weighted by Crippen LogP contribution is 2.32. The van der Waals surface area contributed by atoms with Crippen LogP contribution in [0.3, 0.4) is 0 Å². The maximum absolute atomic E-state index is 12.0. The summed E-state index contributed by atoms with van der Waals surface area (Å²) in [6, 6.07) is 6.90. The molecule has 1 amide bonds. The number of nitrogens with zero attached hydrogens (tertiary/aromatic N) is 1. The molecule has 0 unspecified atom stereocenters. The number of phenols is 1. The summed E-state index contributed by atoms with van der Waals surface area (Å²) in [4.78, 5) is 13.7. The maximum Gasteiger partial charge on any atom is 0.224 e. The van der Waals surface area contributed by atoms with Gasteiger partial charge in [-0.15, -0.1) is 0 Å². The third-order valence-corrected chi connectivity index (χ3v) is 3.63. The van der Waals surface area contributed by atoms with E-state index in [0.29, 0.717) is 13.0 Å². The zero-order valence-corrected chi connectivity index (χ0v) is 10.7. The molecular formula is C14H20N2O2. The van der Waals surface area contributed by atoms with Gasteiger partial charge in [0.1, 0.15) is 5.75 Å². The predicted molar refractivity (Wildman–Crippen MR) is 70.0 cm³/mol. The summed E-state index contributed by atoms with van der Waals surface area (Å²) >= 11 is 0. The molecule has 0 heterocycles. The summed E-state index contributed by atoms with van der Waals surface area (Å²) in [5.74, 6) is 0.327. The monoisotopic (exact) mass is 248 g/mol. The Hall–Kier alpha value is -1.55. The number of benzene rings is 1. The predicted octanol–water partition coefficient (Wildman–Crippen LogP) is 1.62. The molecule has 4 heteroatoms. The molecule has 0 radical (unpaired) electrons. The molecule has 98 valence electrons. The minimum absolute atomic E-state index is 0.0882. The normalized spacial score (nSPS) is 17.0. The lowest BCUT2D eigenvalue weighted by molar-refractivity contribution is -0.132. The van der Waals surface area contributed by atoms with Crippen LogP contribution < -0.4 is 5.73 Å². The van der Waals surface area contributed by atoms with E-state index < -0.39 is 0 Å². The average Bonchev–Trinajstić information content (AvgIpc) is 2.30. The Balaban J connectivity index is 1.88. The number of amides is 1. The van der Waals surface area contributed by atoms with Crippen molar-refractivity contribution in [1.82, 2.24) is 4.90 Å². The van der Waals surface area contributed by atoms with E-state index in [-0.39, 0.29) is 17.2 Å². The molecule has 4 nitrogen and oxygen atoms in total. The lowest BCUT2D eigenvalue weighted by Gasteiger charge is -2.38. The summed E-state index contributed by atoms with van der Waals surface area (Å²) in [6.07, 6.45) is 3.46. The SMILES string of the molecule is CN(Cc1ccc(O)cc1)C(=O)CC1(N)CCC1. The van der Waals surface area contributed by atoms with Gasteiger partial charge >= 0.3 is 0 Å². The molecule has 0 spiro atoms. The van der Waals surface area contributed by atoms with Crippen LogP contribution in [0.5, 0.6) is 5.75 Å². The van der Waals surface area contributed by atoms with Crippen molar-refractivity contribution in [3.8, 4) is 5.75 Å². The fraction of sp³-hybridized carbons (Fsp3) is 0.500. The van der Waals surface area contributed by atoms with Gasteiger partial charge < -0.3 is 15.7 Å². The third-order valence-electron chi connectivity index (χ3n) is 3.63. The van der Waals surface area contributed by atoms with Crippen LogP contribution in [-0.2, 0) is 11.3 Å². The second-order valence-electron chi connectivity index (χ2n) is 5.31. The summed E-state index contributed by atoms with van der Waals surface area (Å²) in [5.41, 5.74) is 6.81. The van der Waals surface area contributed by atoms with Gasteiger partial charge in [0.05, 0.1) is 0 Å². The summed E-state index contributed by atoms with van der Waals surface area (Å²) in [6.45, 7) is 0.551. The highest BCUT2D eigenvalue weighted by atomic mass is 16.3. The highest BCUT2D eigenvalue weighted by Gasteiger charge is 2.35. The van der Waals surface area contributed by atoms with E-state index in [0.717, 1.165) is 24.8 Å². The topological polar surface area (TPSA) is 66.6 Å². The fourth-order valence-corrected chi connectivity index (χ4v) is 2.21. The number of aromatic hydroxyl groups is 1. The molecule has 0 saturated heterocycles. The van der Waals surface area contributed by atoms with Gasteiger partial charge in [-0.2, -0.15) is 0 Å². The molecule has 1 saturated carbocycles. The summed E-state index contributed by atoms with van der Waals surface area (Å²) in [5, 5.41) is 9.20. The van der Waals surface area contributed by atoms with E-state index in [4.69, 9.17) is 5.73 Å². The van der Waals surface area contributed by atoms with Gasteiger partial charge in [-0.1, -0.05) is 12.1 Å². The Morgan fingerprint density at radius 2 is 2.00 bits per heavy atom. The molecule has 1 aliphatic carbocycles. The van der Waals surface area contributed by atoms with Crippen molar-refractivity contribution in [3.63, 3.8) is 0 Å². The lowest BCUT2D eigenvalue weighted by Crippen LogP contribution is -2.50. The maximum atomic E-state index is 12.0. The molecule has 1 aromatic carbocycles. The Kier molecular flexibility index (Phi) is 3.57. The van der Waals surface area contributed by atoms with Crippen LogP contribution in [-0.4, -0.2) is 28.5 Å². The number of hydrogen-bond acceptors (Lipinski definition) is 3. The number of phenolic OH excluding ortho intramolecular Hbond substituents is 1. The first kappa shape index (κ1) is 12.9. The van der Waals surface area contributed by atoms with Gasteiger partial charge in [0.25, 0.3) is 0 Å². The van der Waals surface area contributed by atoms with Crippen LogP contribution in [0.4, 0.5) is 0 Å². The lowest BCUT2D eigenvalue weighted by atomic mass is 9.75. The molecule has 18 heavy (non-hydrogen) atoms. The summed E-state index contributed by atoms with van der Waals surface area (Å²) in [7, 11) is 1.79. The number of nitrogens with two attached hydrogens (primary N) is 1. The minimum atomic E-state index is -0.264. The van der Waals surface area contributed by atoms with Gasteiger partial charge in [-0.3, -0.25) is 4.79 Å². The van der Waals surface area contributed by atoms with E-state index in [9.17, 15) is 9.90 Å². The van der Waals surface area contributed by atoms with Crippen molar-refractivity contribution in [2.24, 2.45) is 5.73 Å². The zero-order chi connectivity index (χ0) is 13.2. The quantitative estimate of drug-likeness (QED) is 0.851. The van der Waals surface area contributed by atoms with E-state index in [1.165, 1.54) is 0 Å². The Morgan fingerprint density at radius 1 is 1.39 bits per heavy atom. The van der Waals surface area contributed by atoms with Crippen molar-refractivity contribution in [1.29, 1.82) is 0 Å². The van der Waals surface area contributed by atoms with Gasteiger partial charge in [-0.25, -0.2) is 0 Å². The third kappa shape index (κ3) is 3.01. The average molecular weight is 248 g/mol. The van der Waals surface area contributed by atoms with Crippen molar-refractivity contribution >= 4 is 5.91 Å². The molecule has 0 aliphatic heterocycles. The van der Waals surface area contributed by atoms with Gasteiger partial charge in [-0.05, 0) is 37.0 Å². The molecule has 0 atom stereocenters. The fourth-order valence-electron chi connectivity index (χ4n) is 2.21. The van der Waals surface area contributed by atoms with Crippen molar-refractivity contribution in [3.05, 3.63) is 29.8 Å². The van der Waals surface area contributed by atoms with E-state index in [2.05, 4.69) is 0 Å². The first-order chi connectivity index (χ1) is 8.48. The smallest absolute Gasteiger partial charge is 0.224 e. The van der Waals surface area contributed by atoms with Crippen molar-refractivity contribution in [2.45, 2.75) is 37.8 Å². The van der Waals surface area contributed by atoms with E-state index in [1.54, 1.807) is 24.1 Å². The first-order valence-corrected chi connectivity index (χ1v) is 6.29. The molecule has 1 fully saturated rings. The molecule has 0 bridgehead atoms. The number of hydrogen-bond donors (Lipinski definition) is 2. The van der Waals surface area contributed by atoms with Crippen molar-refractivity contribution < 1.29 is 9.90 Å². The second-order valence-corrected chi connectivity index (χ2v) is 5.31. The largest absolute Gasteiger partial charge is 0.508 e. The molecule has 0 aromatic heterocycles. The van der Waals surface area contributed by atoms with Crippen LogP contribution in [0, 0.1) is 0 Å². The molecule has 3 N–H and O–H groups in total. The molecular weight excluding hydrogens is 228 g/mol. The van der Waals surface area contributed by atoms with Crippen LogP contribution in [0.1, 0.15) is 31.2 Å². The van der Waals surface area contributed by atoms with Crippen LogP contribution in [0.25, 0.3) is 0 Å². The van der Waals surface area contributed by atoms with E-state index in [1.807, 2.05) is 12.1 Å². The van der Waals surface area contributed by atoms with Crippen LogP contribution in [0.2, 0.25) is 0 Å². The molecule has 1 aliphatic rings.